The fourth-order valence-electron chi connectivity index (χ4n) is 1.81. The van der Waals surface area contributed by atoms with Crippen LogP contribution < -0.4 is 0 Å². The lowest BCUT2D eigenvalue weighted by Gasteiger charge is -2.23. The average Bonchev–Trinajstić information content (AvgIpc) is 2.42. The number of nitrogens with zero attached hydrogens (tertiary/aromatic N) is 2. The van der Waals surface area contributed by atoms with E-state index in [-0.39, 0.29) is 27.9 Å². The van der Waals surface area contributed by atoms with Crippen molar-refractivity contribution in [3.8, 4) is 6.07 Å². The fourth-order valence-corrected chi connectivity index (χ4v) is 3.71. The first-order valence-corrected chi connectivity index (χ1v) is 8.33. The molecule has 0 N–H and O–H groups in total. The molecule has 0 saturated carbocycles. The van der Waals surface area contributed by atoms with Crippen LogP contribution in [0.5, 0.6) is 0 Å². The molecule has 7 heteroatoms. The SMILES string of the molecule is COCCN(CC(C)C)S(=O)(=O)c1ccc(C#N)c(Cl)c1. The van der Waals surface area contributed by atoms with Crippen LogP contribution in [0.3, 0.4) is 0 Å². The van der Waals surface area contributed by atoms with Gasteiger partial charge in [0.1, 0.15) is 6.07 Å². The number of ether oxygens (including phenoxy) is 1. The highest BCUT2D eigenvalue weighted by molar-refractivity contribution is 7.89. The summed E-state index contributed by atoms with van der Waals surface area (Å²) in [5.41, 5.74) is 0.253. The molecule has 1 aromatic carbocycles. The molecule has 0 saturated heterocycles. The Hall–Kier alpha value is -1.13. The molecule has 0 radical (unpaired) electrons. The molecule has 0 heterocycles. The summed E-state index contributed by atoms with van der Waals surface area (Å²) < 4.78 is 31.7. The third kappa shape index (κ3) is 4.68. The molecule has 0 aliphatic carbocycles. The third-order valence-corrected chi connectivity index (χ3v) is 4.99. The predicted molar refractivity (Wildman–Crippen MR) is 81.6 cm³/mol. The van der Waals surface area contributed by atoms with Crippen LogP contribution in [0.1, 0.15) is 19.4 Å². The van der Waals surface area contributed by atoms with E-state index in [9.17, 15) is 8.42 Å². The number of hydrogen-bond acceptors (Lipinski definition) is 4. The summed E-state index contributed by atoms with van der Waals surface area (Å²) in [6, 6.07) is 6.04. The number of nitriles is 1. The van der Waals surface area contributed by atoms with Gasteiger partial charge in [0.2, 0.25) is 10.0 Å². The van der Waals surface area contributed by atoms with E-state index in [4.69, 9.17) is 21.6 Å². The molecule has 116 valence electrons. The zero-order chi connectivity index (χ0) is 16.0. The molecule has 0 amide bonds. The summed E-state index contributed by atoms with van der Waals surface area (Å²) in [6.07, 6.45) is 0. The summed E-state index contributed by atoms with van der Waals surface area (Å²) in [4.78, 5) is 0.0863. The van der Waals surface area contributed by atoms with Gasteiger partial charge in [-0.3, -0.25) is 0 Å². The second-order valence-corrected chi connectivity index (χ2v) is 7.35. The average molecular weight is 331 g/mol. The summed E-state index contributed by atoms with van der Waals surface area (Å²) in [5, 5.41) is 8.98. The van der Waals surface area contributed by atoms with Crippen LogP contribution in [0, 0.1) is 17.2 Å². The minimum absolute atomic E-state index is 0.0863. The smallest absolute Gasteiger partial charge is 0.243 e. The maximum absolute atomic E-state index is 12.7. The van der Waals surface area contributed by atoms with Crippen molar-refractivity contribution in [1.82, 2.24) is 4.31 Å². The van der Waals surface area contributed by atoms with Crippen molar-refractivity contribution in [2.24, 2.45) is 5.92 Å². The van der Waals surface area contributed by atoms with E-state index in [0.29, 0.717) is 13.2 Å². The first-order valence-electron chi connectivity index (χ1n) is 6.51. The molecule has 0 aromatic heterocycles. The Bertz CT molecular complexity index is 624. The topological polar surface area (TPSA) is 70.4 Å². The molecular formula is C14H19ClN2O3S. The quantitative estimate of drug-likeness (QED) is 0.770. The highest BCUT2D eigenvalue weighted by atomic mass is 35.5. The van der Waals surface area contributed by atoms with Crippen LogP contribution in [0.4, 0.5) is 0 Å². The van der Waals surface area contributed by atoms with Gasteiger partial charge < -0.3 is 4.74 Å². The van der Waals surface area contributed by atoms with Gasteiger partial charge in [-0.2, -0.15) is 9.57 Å². The Labute approximate surface area is 131 Å². The zero-order valence-corrected chi connectivity index (χ0v) is 13.9. The molecule has 1 aromatic rings. The maximum atomic E-state index is 12.7. The molecule has 1 rings (SSSR count). The Morgan fingerprint density at radius 3 is 2.57 bits per heavy atom. The molecule has 0 fully saturated rings. The number of hydrogen-bond donors (Lipinski definition) is 0. The van der Waals surface area contributed by atoms with Gasteiger partial charge in [0.25, 0.3) is 0 Å². The van der Waals surface area contributed by atoms with Crippen LogP contribution in [-0.4, -0.2) is 39.5 Å². The van der Waals surface area contributed by atoms with E-state index in [1.54, 1.807) is 0 Å². The van der Waals surface area contributed by atoms with Crippen molar-refractivity contribution in [3.63, 3.8) is 0 Å². The summed E-state index contributed by atoms with van der Waals surface area (Å²) in [6.45, 7) is 4.87. The molecule has 21 heavy (non-hydrogen) atoms. The number of halogens is 1. The molecule has 0 bridgehead atoms. The van der Waals surface area contributed by atoms with E-state index in [1.165, 1.54) is 29.6 Å². The van der Waals surface area contributed by atoms with Crippen LogP contribution in [0.25, 0.3) is 0 Å². The highest BCUT2D eigenvalue weighted by Crippen LogP contribution is 2.23. The number of benzene rings is 1. The van der Waals surface area contributed by atoms with Crippen molar-refractivity contribution in [3.05, 3.63) is 28.8 Å². The van der Waals surface area contributed by atoms with Crippen molar-refractivity contribution >= 4 is 21.6 Å². The fraction of sp³-hybridized carbons (Fsp3) is 0.500. The molecule has 0 unspecified atom stereocenters. The number of rotatable bonds is 7. The van der Waals surface area contributed by atoms with Gasteiger partial charge in [0.05, 0.1) is 22.1 Å². The monoisotopic (exact) mass is 330 g/mol. The van der Waals surface area contributed by atoms with E-state index in [1.807, 2.05) is 19.9 Å². The predicted octanol–water partition coefficient (Wildman–Crippen LogP) is 2.50. The zero-order valence-electron chi connectivity index (χ0n) is 12.3. The molecule has 5 nitrogen and oxygen atoms in total. The number of methoxy groups -OCH3 is 1. The molecule has 0 aliphatic rings. The Balaban J connectivity index is 3.15. The Kier molecular flexibility index (Phi) is 6.62. The molecule has 0 spiro atoms. The molecule has 0 atom stereocenters. The van der Waals surface area contributed by atoms with Crippen molar-refractivity contribution in [1.29, 1.82) is 5.26 Å². The lowest BCUT2D eigenvalue weighted by Crippen LogP contribution is -2.36. The van der Waals surface area contributed by atoms with Gasteiger partial charge in [-0.15, -0.1) is 0 Å². The standard InChI is InChI=1S/C14H19ClN2O3S/c1-11(2)10-17(6-7-20-3)21(18,19)13-5-4-12(9-16)14(15)8-13/h4-5,8,11H,6-7,10H2,1-3H3. The summed E-state index contributed by atoms with van der Waals surface area (Å²) >= 11 is 5.92. The van der Waals surface area contributed by atoms with Crippen LogP contribution >= 0.6 is 11.6 Å². The lowest BCUT2D eigenvalue weighted by molar-refractivity contribution is 0.175. The van der Waals surface area contributed by atoms with Crippen molar-refractivity contribution < 1.29 is 13.2 Å². The van der Waals surface area contributed by atoms with E-state index in [2.05, 4.69) is 0 Å². The van der Waals surface area contributed by atoms with Gasteiger partial charge in [0, 0.05) is 20.2 Å². The van der Waals surface area contributed by atoms with Gasteiger partial charge in [-0.25, -0.2) is 8.42 Å². The van der Waals surface area contributed by atoms with Crippen LogP contribution in [0.2, 0.25) is 5.02 Å². The van der Waals surface area contributed by atoms with E-state index < -0.39 is 10.0 Å². The van der Waals surface area contributed by atoms with Crippen LogP contribution in [0.15, 0.2) is 23.1 Å². The van der Waals surface area contributed by atoms with Gasteiger partial charge >= 0.3 is 0 Å². The minimum atomic E-state index is -3.66. The molecule has 0 aliphatic heterocycles. The maximum Gasteiger partial charge on any atom is 0.243 e. The molecular weight excluding hydrogens is 312 g/mol. The minimum Gasteiger partial charge on any atom is -0.383 e. The van der Waals surface area contributed by atoms with Gasteiger partial charge in [-0.05, 0) is 24.1 Å². The lowest BCUT2D eigenvalue weighted by atomic mass is 10.2. The number of sulfonamides is 1. The van der Waals surface area contributed by atoms with Crippen molar-refractivity contribution in [2.45, 2.75) is 18.7 Å². The normalized spacial score (nSPS) is 11.9. The Morgan fingerprint density at radius 2 is 2.10 bits per heavy atom. The largest absolute Gasteiger partial charge is 0.383 e. The van der Waals surface area contributed by atoms with Gasteiger partial charge in [-0.1, -0.05) is 25.4 Å². The summed E-state index contributed by atoms with van der Waals surface area (Å²) in [7, 11) is -2.13. The first kappa shape index (κ1) is 17.9. The first-order chi connectivity index (χ1) is 9.82. The highest BCUT2D eigenvalue weighted by Gasteiger charge is 2.25. The van der Waals surface area contributed by atoms with Gasteiger partial charge in [0.15, 0.2) is 0 Å². The third-order valence-electron chi connectivity index (χ3n) is 2.81. The second-order valence-electron chi connectivity index (χ2n) is 5.00. The van der Waals surface area contributed by atoms with E-state index >= 15 is 0 Å². The second kappa shape index (κ2) is 7.76. The Morgan fingerprint density at radius 1 is 1.43 bits per heavy atom. The van der Waals surface area contributed by atoms with Crippen molar-refractivity contribution in [2.75, 3.05) is 26.8 Å². The van der Waals surface area contributed by atoms with Crippen LogP contribution in [-0.2, 0) is 14.8 Å². The van der Waals surface area contributed by atoms with E-state index in [0.717, 1.165) is 0 Å². The summed E-state index contributed by atoms with van der Waals surface area (Å²) in [5.74, 6) is 0.186.